The summed E-state index contributed by atoms with van der Waals surface area (Å²) in [4.78, 5) is 28.4. The molecule has 0 radical (unpaired) electrons. The second-order valence-electron chi connectivity index (χ2n) is 10.7. The van der Waals surface area contributed by atoms with Gasteiger partial charge in [-0.1, -0.05) is 45.0 Å². The Morgan fingerprint density at radius 2 is 1.85 bits per heavy atom. The SMILES string of the molecule is COCCCNC(=O)CN1C(=O)CS[C@H](c2ccccc2C)c2c(C(C)(C)C)nn(-c3ccc(OC)cc3)c21. The van der Waals surface area contributed by atoms with Crippen molar-refractivity contribution in [2.24, 2.45) is 0 Å². The van der Waals surface area contributed by atoms with Crippen LogP contribution in [0.25, 0.3) is 5.69 Å². The predicted octanol–water partition coefficient (Wildman–Crippen LogP) is 4.81. The molecule has 1 aromatic heterocycles. The van der Waals surface area contributed by atoms with E-state index in [-0.39, 0.29) is 34.8 Å². The van der Waals surface area contributed by atoms with Crippen molar-refractivity contribution in [1.82, 2.24) is 15.1 Å². The molecular weight excluding hydrogens is 512 g/mol. The zero-order valence-corrected chi connectivity index (χ0v) is 24.4. The number of carbonyl (C=O) groups is 2. The minimum Gasteiger partial charge on any atom is -0.497 e. The van der Waals surface area contributed by atoms with Crippen LogP contribution in [-0.4, -0.2) is 61.3 Å². The number of hydrogen-bond acceptors (Lipinski definition) is 6. The fraction of sp³-hybridized carbons (Fsp3) is 0.433. The van der Waals surface area contributed by atoms with Crippen LogP contribution in [0, 0.1) is 6.92 Å². The third-order valence-corrected chi connectivity index (χ3v) is 7.97. The number of ether oxygens (including phenoxy) is 2. The molecule has 0 unspecified atom stereocenters. The van der Waals surface area contributed by atoms with E-state index in [1.54, 1.807) is 30.9 Å². The van der Waals surface area contributed by atoms with Gasteiger partial charge in [0.2, 0.25) is 11.8 Å². The molecule has 39 heavy (non-hydrogen) atoms. The van der Waals surface area contributed by atoms with Crippen molar-refractivity contribution in [2.75, 3.05) is 44.6 Å². The highest BCUT2D eigenvalue weighted by Gasteiger charge is 2.40. The van der Waals surface area contributed by atoms with Crippen molar-refractivity contribution in [3.63, 3.8) is 0 Å². The van der Waals surface area contributed by atoms with Gasteiger partial charge in [0.25, 0.3) is 0 Å². The first-order valence-corrected chi connectivity index (χ1v) is 14.2. The Bertz CT molecular complexity index is 1310. The molecule has 1 aliphatic rings. The van der Waals surface area contributed by atoms with Gasteiger partial charge in [-0.05, 0) is 48.7 Å². The van der Waals surface area contributed by atoms with Crippen molar-refractivity contribution < 1.29 is 19.1 Å². The molecule has 4 rings (SSSR count). The minimum absolute atomic E-state index is 0.0920. The molecule has 1 aliphatic heterocycles. The Hall–Kier alpha value is -3.30. The van der Waals surface area contributed by atoms with Crippen molar-refractivity contribution >= 4 is 29.4 Å². The summed E-state index contributed by atoms with van der Waals surface area (Å²) < 4.78 is 12.3. The predicted molar refractivity (Wildman–Crippen MR) is 156 cm³/mol. The first-order valence-electron chi connectivity index (χ1n) is 13.2. The summed E-state index contributed by atoms with van der Waals surface area (Å²) >= 11 is 1.59. The van der Waals surface area contributed by atoms with Crippen LogP contribution < -0.4 is 15.0 Å². The number of aryl methyl sites for hydroxylation is 1. The number of nitrogens with zero attached hydrogens (tertiary/aromatic N) is 3. The summed E-state index contributed by atoms with van der Waals surface area (Å²) in [6, 6.07) is 15.9. The number of nitrogens with one attached hydrogen (secondary N) is 1. The van der Waals surface area contributed by atoms with Crippen LogP contribution in [0.3, 0.4) is 0 Å². The summed E-state index contributed by atoms with van der Waals surface area (Å²) in [5.74, 6) is 1.27. The average molecular weight is 551 g/mol. The molecule has 208 valence electrons. The third-order valence-electron chi connectivity index (χ3n) is 6.74. The molecule has 2 aromatic carbocycles. The summed E-state index contributed by atoms with van der Waals surface area (Å²) in [5.41, 5.74) is 4.63. The zero-order valence-electron chi connectivity index (χ0n) is 23.6. The molecule has 1 atom stereocenters. The van der Waals surface area contributed by atoms with Crippen LogP contribution in [0.4, 0.5) is 5.82 Å². The van der Waals surface area contributed by atoms with Crippen LogP contribution in [0.5, 0.6) is 5.75 Å². The van der Waals surface area contributed by atoms with Crippen molar-refractivity contribution in [3.8, 4) is 11.4 Å². The summed E-state index contributed by atoms with van der Waals surface area (Å²) in [7, 11) is 3.26. The number of fused-ring (bicyclic) bond motifs is 1. The Kier molecular flexibility index (Phi) is 9.02. The van der Waals surface area contributed by atoms with E-state index in [1.165, 1.54) is 0 Å². The normalized spacial score (nSPS) is 15.6. The number of hydrogen-bond donors (Lipinski definition) is 1. The fourth-order valence-corrected chi connectivity index (χ4v) is 6.04. The van der Waals surface area contributed by atoms with Crippen molar-refractivity contribution in [2.45, 2.75) is 44.8 Å². The monoisotopic (exact) mass is 550 g/mol. The molecule has 0 bridgehead atoms. The number of methoxy groups -OCH3 is 2. The average Bonchev–Trinajstić information content (AvgIpc) is 3.25. The number of anilines is 1. The molecule has 9 heteroatoms. The summed E-state index contributed by atoms with van der Waals surface area (Å²) in [5, 5.41) is 7.94. The number of thioether (sulfide) groups is 1. The molecule has 0 saturated carbocycles. The van der Waals surface area contributed by atoms with Crippen molar-refractivity contribution in [1.29, 1.82) is 0 Å². The van der Waals surface area contributed by atoms with Crippen LogP contribution in [0.15, 0.2) is 48.5 Å². The van der Waals surface area contributed by atoms with Crippen LogP contribution in [0.1, 0.15) is 54.8 Å². The van der Waals surface area contributed by atoms with Gasteiger partial charge in [0, 0.05) is 31.2 Å². The topological polar surface area (TPSA) is 85.7 Å². The van der Waals surface area contributed by atoms with Gasteiger partial charge in [-0.3, -0.25) is 14.5 Å². The lowest BCUT2D eigenvalue weighted by molar-refractivity contribution is -0.122. The molecule has 0 spiro atoms. The Morgan fingerprint density at radius 1 is 1.13 bits per heavy atom. The quantitative estimate of drug-likeness (QED) is 0.385. The molecular formula is C30H38N4O4S. The van der Waals surface area contributed by atoms with E-state index < -0.39 is 0 Å². The Balaban J connectivity index is 1.91. The van der Waals surface area contributed by atoms with E-state index in [9.17, 15) is 9.59 Å². The third kappa shape index (κ3) is 6.31. The van der Waals surface area contributed by atoms with Crippen LogP contribution in [0.2, 0.25) is 0 Å². The lowest BCUT2D eigenvalue weighted by Crippen LogP contribution is -2.42. The highest BCUT2D eigenvalue weighted by Crippen LogP contribution is 2.49. The van der Waals surface area contributed by atoms with Crippen molar-refractivity contribution in [3.05, 3.63) is 70.9 Å². The van der Waals surface area contributed by atoms with Crippen LogP contribution >= 0.6 is 11.8 Å². The van der Waals surface area contributed by atoms with Gasteiger partial charge in [-0.25, -0.2) is 4.68 Å². The van der Waals surface area contributed by atoms with Gasteiger partial charge in [-0.2, -0.15) is 5.10 Å². The molecule has 2 heterocycles. The maximum Gasteiger partial charge on any atom is 0.240 e. The van der Waals surface area contributed by atoms with Gasteiger partial charge in [0.15, 0.2) is 0 Å². The number of rotatable bonds is 9. The van der Waals surface area contributed by atoms with Crippen LogP contribution in [-0.2, 0) is 19.7 Å². The second-order valence-corrected chi connectivity index (χ2v) is 11.8. The number of aromatic nitrogens is 2. The fourth-order valence-electron chi connectivity index (χ4n) is 4.75. The lowest BCUT2D eigenvalue weighted by atomic mass is 9.86. The molecule has 8 nitrogen and oxygen atoms in total. The molecule has 0 fully saturated rings. The summed E-state index contributed by atoms with van der Waals surface area (Å²) in [6.07, 6.45) is 0.699. The zero-order chi connectivity index (χ0) is 28.2. The summed E-state index contributed by atoms with van der Waals surface area (Å²) in [6.45, 7) is 9.44. The van der Waals surface area contributed by atoms with E-state index in [4.69, 9.17) is 14.6 Å². The van der Waals surface area contributed by atoms with E-state index >= 15 is 0 Å². The largest absolute Gasteiger partial charge is 0.497 e. The standard InChI is InChI=1S/C30H38N4O4S/c1-20-10-7-8-11-23(20)27-26-28(30(2,3)4)32-34(21-12-14-22(38-6)15-13-21)29(26)33(25(36)19-39-27)18-24(35)31-16-9-17-37-5/h7-8,10-15,27H,9,16-19H2,1-6H3,(H,31,35)/t27-/m1/s1. The first-order chi connectivity index (χ1) is 18.7. The lowest BCUT2D eigenvalue weighted by Gasteiger charge is -2.25. The van der Waals surface area contributed by atoms with Gasteiger partial charge < -0.3 is 14.8 Å². The van der Waals surface area contributed by atoms with E-state index in [0.29, 0.717) is 25.4 Å². The van der Waals surface area contributed by atoms with Gasteiger partial charge in [0.05, 0.1) is 29.5 Å². The van der Waals surface area contributed by atoms with Gasteiger partial charge in [0.1, 0.15) is 18.1 Å². The molecule has 2 amide bonds. The number of benzene rings is 2. The van der Waals surface area contributed by atoms with E-state index in [1.807, 2.05) is 41.1 Å². The first kappa shape index (κ1) is 28.7. The second kappa shape index (κ2) is 12.3. The highest BCUT2D eigenvalue weighted by molar-refractivity contribution is 8.00. The van der Waals surface area contributed by atoms with E-state index in [0.717, 1.165) is 33.8 Å². The highest BCUT2D eigenvalue weighted by atomic mass is 32.2. The van der Waals surface area contributed by atoms with Gasteiger partial charge >= 0.3 is 0 Å². The minimum atomic E-state index is -0.315. The molecule has 0 saturated heterocycles. The van der Waals surface area contributed by atoms with E-state index in [2.05, 4.69) is 45.1 Å². The maximum absolute atomic E-state index is 13.7. The molecule has 0 aliphatic carbocycles. The smallest absolute Gasteiger partial charge is 0.240 e. The number of carbonyl (C=O) groups excluding carboxylic acids is 2. The number of amides is 2. The molecule has 3 aromatic rings. The molecule has 1 N–H and O–H groups in total. The Labute approximate surface area is 235 Å². The Morgan fingerprint density at radius 3 is 2.49 bits per heavy atom. The maximum atomic E-state index is 13.7. The van der Waals surface area contributed by atoms with Gasteiger partial charge in [-0.15, -0.1) is 11.8 Å².